The molecular formula is C12H12Br2INO. The Balaban J connectivity index is 2.17. The third kappa shape index (κ3) is 3.04. The molecule has 0 atom stereocenters. The molecule has 92 valence electrons. The highest BCUT2D eigenvalue weighted by Gasteiger charge is 2.37. The molecule has 1 amide bonds. The van der Waals surface area contributed by atoms with Crippen molar-refractivity contribution in [2.24, 2.45) is 0 Å². The van der Waals surface area contributed by atoms with Crippen molar-refractivity contribution in [2.75, 3.05) is 5.33 Å². The van der Waals surface area contributed by atoms with Gasteiger partial charge in [-0.05, 0) is 60.1 Å². The fourth-order valence-corrected chi connectivity index (χ4v) is 3.52. The Morgan fingerprint density at radius 2 is 2.18 bits per heavy atom. The highest BCUT2D eigenvalue weighted by molar-refractivity contribution is 14.1. The zero-order chi connectivity index (χ0) is 12.5. The zero-order valence-electron chi connectivity index (χ0n) is 9.10. The first-order valence-corrected chi connectivity index (χ1v) is 8.39. The van der Waals surface area contributed by atoms with Crippen LogP contribution in [0.5, 0.6) is 0 Å². The average molecular weight is 473 g/mol. The number of nitrogens with one attached hydrogen (secondary N) is 1. The molecule has 17 heavy (non-hydrogen) atoms. The summed E-state index contributed by atoms with van der Waals surface area (Å²) in [6.45, 7) is 0. The van der Waals surface area contributed by atoms with Crippen LogP contribution in [0.4, 0.5) is 0 Å². The van der Waals surface area contributed by atoms with E-state index in [2.05, 4.69) is 59.8 Å². The summed E-state index contributed by atoms with van der Waals surface area (Å²) < 4.78 is 1.91. The van der Waals surface area contributed by atoms with E-state index in [0.29, 0.717) is 0 Å². The van der Waals surface area contributed by atoms with E-state index in [1.807, 2.05) is 18.2 Å². The number of amides is 1. The van der Waals surface area contributed by atoms with E-state index in [9.17, 15) is 4.79 Å². The molecule has 2 nitrogen and oxygen atoms in total. The largest absolute Gasteiger partial charge is 0.346 e. The predicted molar refractivity (Wildman–Crippen MR) is 84.7 cm³/mol. The van der Waals surface area contributed by atoms with Crippen molar-refractivity contribution in [3.63, 3.8) is 0 Å². The van der Waals surface area contributed by atoms with Crippen LogP contribution in [-0.2, 0) is 0 Å². The summed E-state index contributed by atoms with van der Waals surface area (Å²) in [6, 6.07) is 5.76. The molecular weight excluding hydrogens is 461 g/mol. The molecule has 0 radical (unpaired) electrons. The quantitative estimate of drug-likeness (QED) is 0.521. The molecule has 0 aromatic heterocycles. The molecule has 0 aliphatic heterocycles. The van der Waals surface area contributed by atoms with Gasteiger partial charge in [-0.3, -0.25) is 4.79 Å². The van der Waals surface area contributed by atoms with Crippen molar-refractivity contribution >= 4 is 60.4 Å². The lowest BCUT2D eigenvalue weighted by molar-refractivity contribution is 0.0855. The smallest absolute Gasteiger partial charge is 0.252 e. The molecule has 1 saturated carbocycles. The van der Waals surface area contributed by atoms with E-state index in [1.54, 1.807) is 0 Å². The average Bonchev–Trinajstić information content (AvgIpc) is 2.26. The number of rotatable bonds is 3. The summed E-state index contributed by atoms with van der Waals surface area (Å²) in [7, 11) is 0. The number of carbonyl (C=O) groups is 1. The summed E-state index contributed by atoms with van der Waals surface area (Å²) >= 11 is 9.08. The van der Waals surface area contributed by atoms with Gasteiger partial charge in [-0.15, -0.1) is 0 Å². The Morgan fingerprint density at radius 1 is 1.47 bits per heavy atom. The van der Waals surface area contributed by atoms with Crippen LogP contribution >= 0.6 is 54.5 Å². The Hall–Kier alpha value is 0.380. The van der Waals surface area contributed by atoms with Crippen LogP contribution in [0.25, 0.3) is 0 Å². The van der Waals surface area contributed by atoms with Gasteiger partial charge in [0.2, 0.25) is 0 Å². The standard InChI is InChI=1S/C12H12Br2INO/c13-7-12(4-1-5-12)16-11(17)9-6-8(14)2-3-10(9)15/h2-3,6H,1,4-5,7H2,(H,16,17). The van der Waals surface area contributed by atoms with Crippen LogP contribution in [0.15, 0.2) is 22.7 Å². The van der Waals surface area contributed by atoms with Gasteiger partial charge >= 0.3 is 0 Å². The van der Waals surface area contributed by atoms with Gasteiger partial charge in [0.25, 0.3) is 5.91 Å². The van der Waals surface area contributed by atoms with Crippen molar-refractivity contribution in [3.8, 4) is 0 Å². The van der Waals surface area contributed by atoms with Crippen molar-refractivity contribution in [1.82, 2.24) is 5.32 Å². The van der Waals surface area contributed by atoms with Gasteiger partial charge in [0.15, 0.2) is 0 Å². The van der Waals surface area contributed by atoms with Crippen molar-refractivity contribution in [2.45, 2.75) is 24.8 Å². The second-order valence-electron chi connectivity index (χ2n) is 4.35. The molecule has 1 aromatic rings. The maximum Gasteiger partial charge on any atom is 0.252 e. The summed E-state index contributed by atoms with van der Waals surface area (Å²) in [4.78, 5) is 12.2. The Kier molecular flexibility index (Phi) is 4.52. The van der Waals surface area contributed by atoms with Gasteiger partial charge < -0.3 is 5.32 Å². The predicted octanol–water partition coefficient (Wildman–Crippen LogP) is 4.10. The molecule has 1 aromatic carbocycles. The minimum atomic E-state index is -0.0253. The lowest BCUT2D eigenvalue weighted by Crippen LogP contribution is -2.55. The second kappa shape index (κ2) is 5.57. The van der Waals surface area contributed by atoms with Crippen LogP contribution in [0.3, 0.4) is 0 Å². The lowest BCUT2D eigenvalue weighted by Gasteiger charge is -2.41. The van der Waals surface area contributed by atoms with E-state index in [4.69, 9.17) is 0 Å². The maximum absolute atomic E-state index is 12.2. The van der Waals surface area contributed by atoms with Crippen LogP contribution in [0.2, 0.25) is 0 Å². The first kappa shape index (κ1) is 13.8. The summed E-state index contributed by atoms with van der Waals surface area (Å²) in [5, 5.41) is 3.98. The number of carbonyl (C=O) groups excluding carboxylic acids is 1. The third-order valence-electron chi connectivity index (χ3n) is 3.12. The van der Waals surface area contributed by atoms with Gasteiger partial charge in [0.05, 0.1) is 11.1 Å². The van der Waals surface area contributed by atoms with E-state index in [1.165, 1.54) is 6.42 Å². The third-order valence-corrected chi connectivity index (χ3v) is 5.63. The van der Waals surface area contributed by atoms with Crippen LogP contribution in [0.1, 0.15) is 29.6 Å². The molecule has 5 heteroatoms. The highest BCUT2D eigenvalue weighted by Crippen LogP contribution is 2.34. The Bertz CT molecular complexity index is 441. The Morgan fingerprint density at radius 3 is 2.71 bits per heavy atom. The molecule has 2 rings (SSSR count). The summed E-state index contributed by atoms with van der Waals surface area (Å²) in [5.41, 5.74) is 0.717. The number of benzene rings is 1. The molecule has 0 unspecified atom stereocenters. The monoisotopic (exact) mass is 471 g/mol. The summed E-state index contributed by atoms with van der Waals surface area (Å²) in [6.07, 6.45) is 3.32. The fraction of sp³-hybridized carbons (Fsp3) is 0.417. The van der Waals surface area contributed by atoms with Crippen LogP contribution < -0.4 is 5.32 Å². The molecule has 0 heterocycles. The lowest BCUT2D eigenvalue weighted by atomic mass is 9.78. The molecule has 0 spiro atoms. The van der Waals surface area contributed by atoms with Gasteiger partial charge in [-0.2, -0.15) is 0 Å². The topological polar surface area (TPSA) is 29.1 Å². The van der Waals surface area contributed by atoms with Crippen molar-refractivity contribution < 1.29 is 4.79 Å². The normalized spacial score (nSPS) is 17.4. The summed E-state index contributed by atoms with van der Waals surface area (Å²) in [5.74, 6) is 0.0230. The SMILES string of the molecule is O=C(NC1(CBr)CCC1)c1cc(Br)ccc1I. The first-order valence-electron chi connectivity index (χ1n) is 5.40. The number of alkyl halides is 1. The zero-order valence-corrected chi connectivity index (χ0v) is 14.4. The van der Waals surface area contributed by atoms with Gasteiger partial charge in [0, 0.05) is 13.4 Å². The van der Waals surface area contributed by atoms with E-state index >= 15 is 0 Å². The van der Waals surface area contributed by atoms with Gasteiger partial charge in [-0.25, -0.2) is 0 Å². The minimum Gasteiger partial charge on any atom is -0.346 e. The maximum atomic E-state index is 12.2. The fourth-order valence-electron chi connectivity index (χ4n) is 1.88. The Labute approximate surface area is 131 Å². The van der Waals surface area contributed by atoms with Crippen molar-refractivity contribution in [1.29, 1.82) is 0 Å². The number of hydrogen-bond donors (Lipinski definition) is 1. The minimum absolute atomic E-state index is 0.0230. The van der Waals surface area contributed by atoms with Crippen LogP contribution in [-0.4, -0.2) is 16.8 Å². The van der Waals surface area contributed by atoms with E-state index in [0.717, 1.165) is 31.8 Å². The van der Waals surface area contributed by atoms with E-state index < -0.39 is 0 Å². The molecule has 0 saturated heterocycles. The van der Waals surface area contributed by atoms with Gasteiger partial charge in [0.1, 0.15) is 0 Å². The van der Waals surface area contributed by atoms with Gasteiger partial charge in [-0.1, -0.05) is 31.9 Å². The molecule has 0 bridgehead atoms. The highest BCUT2D eigenvalue weighted by atomic mass is 127. The van der Waals surface area contributed by atoms with E-state index in [-0.39, 0.29) is 11.4 Å². The first-order chi connectivity index (χ1) is 8.06. The molecule has 1 fully saturated rings. The molecule has 1 aliphatic carbocycles. The molecule has 1 N–H and O–H groups in total. The molecule has 1 aliphatic rings. The van der Waals surface area contributed by atoms with Crippen molar-refractivity contribution in [3.05, 3.63) is 31.8 Å². The number of halogens is 3. The number of hydrogen-bond acceptors (Lipinski definition) is 1. The second-order valence-corrected chi connectivity index (χ2v) is 6.98. The van der Waals surface area contributed by atoms with Crippen LogP contribution in [0, 0.1) is 3.57 Å².